The summed E-state index contributed by atoms with van der Waals surface area (Å²) in [6.45, 7) is 2.26. The molecule has 2 aliphatic carbocycles. The fourth-order valence-corrected chi connectivity index (χ4v) is 3.99. The van der Waals surface area contributed by atoms with Gasteiger partial charge in [-0.1, -0.05) is 18.9 Å². The normalized spacial score (nSPS) is 36.2. The molecule has 0 radical (unpaired) electrons. The Balaban J connectivity index is 2.04. The molecule has 0 saturated heterocycles. The molecule has 1 saturated carbocycles. The number of aryl methyl sites for hydroxylation is 1. The average Bonchev–Trinajstić information content (AvgIpc) is 2.70. The summed E-state index contributed by atoms with van der Waals surface area (Å²) >= 11 is 0. The maximum atomic E-state index is 10.5. The van der Waals surface area contributed by atoms with Crippen molar-refractivity contribution >= 4 is 0 Å². The number of ether oxygens (including phenoxy) is 1. The summed E-state index contributed by atoms with van der Waals surface area (Å²) < 4.78 is 5.30. The topological polar surface area (TPSA) is 29.5 Å². The van der Waals surface area contributed by atoms with Gasteiger partial charge in [0.1, 0.15) is 11.4 Å². The Bertz CT molecular complexity index is 557. The molecule has 0 heterocycles. The number of hydrogen-bond donors (Lipinski definition) is 1. The van der Waals surface area contributed by atoms with Crippen LogP contribution in [0.5, 0.6) is 5.75 Å². The summed E-state index contributed by atoms with van der Waals surface area (Å²) in [6, 6.07) is 6.29. The second-order valence-electron chi connectivity index (χ2n) is 6.33. The van der Waals surface area contributed by atoms with E-state index in [2.05, 4.69) is 25.0 Å². The van der Waals surface area contributed by atoms with Gasteiger partial charge in [0.15, 0.2) is 0 Å². The SMILES string of the molecule is C#CC1(O)CC2c3ccc(OC)cc3CCC2(C)C1. The van der Waals surface area contributed by atoms with Crippen molar-refractivity contribution < 1.29 is 9.84 Å². The first-order valence-corrected chi connectivity index (χ1v) is 6.87. The van der Waals surface area contributed by atoms with Crippen LogP contribution in [0.3, 0.4) is 0 Å². The molecule has 0 bridgehead atoms. The minimum absolute atomic E-state index is 0.128. The molecule has 0 spiro atoms. The number of hydrogen-bond acceptors (Lipinski definition) is 2. The fourth-order valence-electron chi connectivity index (χ4n) is 3.99. The highest BCUT2D eigenvalue weighted by Gasteiger charge is 2.52. The van der Waals surface area contributed by atoms with Crippen LogP contribution in [0.1, 0.15) is 43.2 Å². The molecule has 19 heavy (non-hydrogen) atoms. The Hall–Kier alpha value is -1.46. The lowest BCUT2D eigenvalue weighted by atomic mass is 9.67. The number of methoxy groups -OCH3 is 1. The Labute approximate surface area is 114 Å². The molecular formula is C17H20O2. The van der Waals surface area contributed by atoms with E-state index in [9.17, 15) is 5.11 Å². The molecule has 0 amide bonds. The highest BCUT2D eigenvalue weighted by Crippen LogP contribution is 2.58. The van der Waals surface area contributed by atoms with Gasteiger partial charge in [0.25, 0.3) is 0 Å². The molecule has 1 aromatic carbocycles. The monoisotopic (exact) mass is 256 g/mol. The lowest BCUT2D eigenvalue weighted by Crippen LogP contribution is -2.27. The zero-order chi connectivity index (χ0) is 13.7. The van der Waals surface area contributed by atoms with Gasteiger partial charge in [-0.2, -0.15) is 0 Å². The van der Waals surface area contributed by atoms with Crippen molar-refractivity contribution in [3.05, 3.63) is 29.3 Å². The zero-order valence-corrected chi connectivity index (χ0v) is 11.6. The molecule has 2 aliphatic rings. The van der Waals surface area contributed by atoms with Crippen LogP contribution in [0.4, 0.5) is 0 Å². The zero-order valence-electron chi connectivity index (χ0n) is 11.6. The number of aliphatic hydroxyl groups is 1. The molecule has 1 N–H and O–H groups in total. The van der Waals surface area contributed by atoms with E-state index in [1.807, 2.05) is 6.07 Å². The van der Waals surface area contributed by atoms with Crippen LogP contribution < -0.4 is 4.74 Å². The van der Waals surface area contributed by atoms with Crippen LogP contribution in [0.2, 0.25) is 0 Å². The summed E-state index contributed by atoms with van der Waals surface area (Å²) in [5, 5.41) is 10.5. The molecule has 1 aromatic rings. The smallest absolute Gasteiger partial charge is 0.126 e. The van der Waals surface area contributed by atoms with Gasteiger partial charge < -0.3 is 9.84 Å². The van der Waals surface area contributed by atoms with Crippen molar-refractivity contribution in [2.24, 2.45) is 5.41 Å². The molecule has 0 aromatic heterocycles. The van der Waals surface area contributed by atoms with Crippen LogP contribution in [-0.4, -0.2) is 17.8 Å². The molecule has 1 fully saturated rings. The van der Waals surface area contributed by atoms with Gasteiger partial charge in [0.05, 0.1) is 7.11 Å². The van der Waals surface area contributed by atoms with Crippen molar-refractivity contribution in [1.29, 1.82) is 0 Å². The molecular weight excluding hydrogens is 236 g/mol. The van der Waals surface area contributed by atoms with Crippen molar-refractivity contribution in [2.75, 3.05) is 7.11 Å². The Kier molecular flexibility index (Phi) is 2.66. The first kappa shape index (κ1) is 12.6. The number of rotatable bonds is 1. The third kappa shape index (κ3) is 1.84. The van der Waals surface area contributed by atoms with Crippen LogP contribution in [0.25, 0.3) is 0 Å². The number of fused-ring (bicyclic) bond motifs is 3. The molecule has 2 heteroatoms. The highest BCUT2D eigenvalue weighted by atomic mass is 16.5. The minimum atomic E-state index is -0.930. The summed E-state index contributed by atoms with van der Waals surface area (Å²) in [4.78, 5) is 0. The molecule has 3 atom stereocenters. The molecule has 0 aliphatic heterocycles. The average molecular weight is 256 g/mol. The van der Waals surface area contributed by atoms with Crippen LogP contribution in [0, 0.1) is 17.8 Å². The van der Waals surface area contributed by atoms with Gasteiger partial charge in [-0.15, -0.1) is 6.42 Å². The molecule has 3 unspecified atom stereocenters. The van der Waals surface area contributed by atoms with E-state index in [-0.39, 0.29) is 5.41 Å². The first-order valence-electron chi connectivity index (χ1n) is 6.87. The summed E-state index contributed by atoms with van der Waals surface area (Å²) in [5.41, 5.74) is 1.90. The van der Waals surface area contributed by atoms with E-state index in [0.717, 1.165) is 18.6 Å². The lowest BCUT2D eigenvalue weighted by Gasteiger charge is -2.37. The van der Waals surface area contributed by atoms with Crippen molar-refractivity contribution in [3.8, 4) is 18.1 Å². The number of benzene rings is 1. The summed E-state index contributed by atoms with van der Waals surface area (Å²) in [7, 11) is 1.70. The maximum absolute atomic E-state index is 10.5. The Morgan fingerprint density at radius 1 is 1.47 bits per heavy atom. The van der Waals surface area contributed by atoms with Crippen molar-refractivity contribution in [2.45, 2.75) is 44.1 Å². The third-order valence-corrected chi connectivity index (χ3v) is 5.04. The predicted molar refractivity (Wildman–Crippen MR) is 75.2 cm³/mol. The number of terminal acetylenes is 1. The first-order chi connectivity index (χ1) is 9.00. The predicted octanol–water partition coefficient (Wildman–Crippen LogP) is 2.89. The van der Waals surface area contributed by atoms with E-state index < -0.39 is 5.60 Å². The van der Waals surface area contributed by atoms with Gasteiger partial charge in [-0.3, -0.25) is 0 Å². The van der Waals surface area contributed by atoms with E-state index in [4.69, 9.17) is 11.2 Å². The van der Waals surface area contributed by atoms with Crippen LogP contribution >= 0.6 is 0 Å². The quantitative estimate of drug-likeness (QED) is 0.783. The molecule has 3 rings (SSSR count). The van der Waals surface area contributed by atoms with Gasteiger partial charge in [-0.25, -0.2) is 0 Å². The third-order valence-electron chi connectivity index (χ3n) is 5.04. The fraction of sp³-hybridized carbons (Fsp3) is 0.529. The second kappa shape index (κ2) is 4.02. The standard InChI is InChI=1S/C17H20O2/c1-4-17(18)10-15-14-6-5-13(19-3)9-12(14)7-8-16(15,2)11-17/h1,5-6,9,15,18H,7-8,10-11H2,2-3H3. The Morgan fingerprint density at radius 3 is 2.95 bits per heavy atom. The maximum Gasteiger partial charge on any atom is 0.126 e. The largest absolute Gasteiger partial charge is 0.497 e. The van der Waals surface area contributed by atoms with E-state index >= 15 is 0 Å². The Morgan fingerprint density at radius 2 is 2.26 bits per heavy atom. The lowest BCUT2D eigenvalue weighted by molar-refractivity contribution is 0.0932. The molecule has 2 nitrogen and oxygen atoms in total. The highest BCUT2D eigenvalue weighted by molar-refractivity contribution is 5.43. The van der Waals surface area contributed by atoms with Crippen LogP contribution in [-0.2, 0) is 6.42 Å². The van der Waals surface area contributed by atoms with Crippen LogP contribution in [0.15, 0.2) is 18.2 Å². The second-order valence-corrected chi connectivity index (χ2v) is 6.33. The minimum Gasteiger partial charge on any atom is -0.497 e. The van der Waals surface area contributed by atoms with Gasteiger partial charge in [-0.05, 0) is 60.3 Å². The van der Waals surface area contributed by atoms with Crippen molar-refractivity contribution in [3.63, 3.8) is 0 Å². The van der Waals surface area contributed by atoms with E-state index in [1.54, 1.807) is 7.11 Å². The van der Waals surface area contributed by atoms with Gasteiger partial charge in [0, 0.05) is 0 Å². The van der Waals surface area contributed by atoms with Gasteiger partial charge >= 0.3 is 0 Å². The van der Waals surface area contributed by atoms with Gasteiger partial charge in [0.2, 0.25) is 0 Å². The van der Waals surface area contributed by atoms with E-state index in [0.29, 0.717) is 18.8 Å². The van der Waals surface area contributed by atoms with Crippen molar-refractivity contribution in [1.82, 2.24) is 0 Å². The summed E-state index contributed by atoms with van der Waals surface area (Å²) in [5.74, 6) is 3.88. The summed E-state index contributed by atoms with van der Waals surface area (Å²) in [6.07, 6.45) is 9.05. The van der Waals surface area contributed by atoms with E-state index in [1.165, 1.54) is 11.1 Å². The molecule has 100 valence electrons.